The predicted octanol–water partition coefficient (Wildman–Crippen LogP) is 4.82. The van der Waals surface area contributed by atoms with Crippen molar-refractivity contribution < 1.29 is 18.8 Å². The molecule has 122 valence electrons. The molecule has 0 saturated carbocycles. The zero-order chi connectivity index (χ0) is 16.8. The first-order valence-electron chi connectivity index (χ1n) is 7.43. The Bertz CT molecular complexity index is 501. The highest BCUT2D eigenvalue weighted by Gasteiger charge is 2.55. The molecule has 0 heterocycles. The Hall–Kier alpha value is -1.09. The van der Waals surface area contributed by atoms with Crippen LogP contribution in [-0.4, -0.2) is 25.3 Å². The highest BCUT2D eigenvalue weighted by atomic mass is 31.1. The van der Waals surface area contributed by atoms with Crippen LogP contribution < -0.4 is 0 Å². The molecular weight excluding hydrogens is 299 g/mol. The number of hydrogen-bond acceptors (Lipinski definition) is 4. The van der Waals surface area contributed by atoms with Crippen LogP contribution >= 0.6 is 7.80 Å². The van der Waals surface area contributed by atoms with E-state index in [4.69, 9.17) is 9.47 Å². The molecule has 0 amide bonds. The van der Waals surface area contributed by atoms with Gasteiger partial charge in [0.15, 0.2) is 0 Å². The van der Waals surface area contributed by atoms with E-state index in [0.29, 0.717) is 12.0 Å². The van der Waals surface area contributed by atoms with E-state index < -0.39 is 18.9 Å². The summed E-state index contributed by atoms with van der Waals surface area (Å²) in [6.45, 7) is 6.43. The molecule has 0 radical (unpaired) electrons. The van der Waals surface area contributed by atoms with E-state index in [0.717, 1.165) is 12.8 Å². The van der Waals surface area contributed by atoms with E-state index >= 15 is 0 Å². The number of hydrogen-bond donors (Lipinski definition) is 0. The number of carbonyl (C=O) groups excluding carboxylic acids is 1. The number of rotatable bonds is 8. The summed E-state index contributed by atoms with van der Waals surface area (Å²) >= 11 is 0. The lowest BCUT2D eigenvalue weighted by atomic mass is 9.90. The summed E-state index contributed by atoms with van der Waals surface area (Å²) in [7, 11) is 0.526. The average molecular weight is 325 g/mol. The van der Waals surface area contributed by atoms with Gasteiger partial charge in [0.2, 0.25) is 0 Å². The molecule has 1 unspecified atom stereocenters. The predicted molar refractivity (Wildman–Crippen MR) is 88.4 cm³/mol. The maximum Gasteiger partial charge on any atom is 0.486 e. The first-order valence-corrected chi connectivity index (χ1v) is 8.69. The van der Waals surface area contributed by atoms with Crippen LogP contribution in [0.3, 0.4) is 0 Å². The quantitative estimate of drug-likeness (QED) is 0.508. The fourth-order valence-electron chi connectivity index (χ4n) is 2.25. The topological polar surface area (TPSA) is 52.6 Å². The lowest BCUT2D eigenvalue weighted by molar-refractivity contribution is -0.145. The van der Waals surface area contributed by atoms with Crippen molar-refractivity contribution in [2.75, 3.05) is 14.2 Å². The zero-order valence-corrected chi connectivity index (χ0v) is 15.0. The van der Waals surface area contributed by atoms with Gasteiger partial charge in [-0.1, -0.05) is 43.5 Å². The van der Waals surface area contributed by atoms with Crippen LogP contribution in [0.25, 0.3) is 0 Å². The largest absolute Gasteiger partial charge is 0.486 e. The van der Waals surface area contributed by atoms with E-state index in [1.165, 1.54) is 14.2 Å². The van der Waals surface area contributed by atoms with E-state index in [-0.39, 0.29) is 5.41 Å². The monoisotopic (exact) mass is 325 g/mol. The van der Waals surface area contributed by atoms with Gasteiger partial charge in [-0.15, -0.1) is 0 Å². The molecule has 1 atom stereocenters. The Morgan fingerprint density at radius 3 is 2.05 bits per heavy atom. The zero-order valence-electron chi connectivity index (χ0n) is 14.1. The molecule has 1 aromatic carbocycles. The number of methoxy groups -OCH3 is 2. The van der Waals surface area contributed by atoms with Crippen molar-refractivity contribution in [3.8, 4) is 0 Å². The van der Waals surface area contributed by atoms with Gasteiger partial charge in [-0.2, -0.15) is 0 Å². The second-order valence-electron chi connectivity index (χ2n) is 6.50. The van der Waals surface area contributed by atoms with Crippen molar-refractivity contribution in [1.82, 2.24) is 0 Å². The van der Waals surface area contributed by atoms with Gasteiger partial charge >= 0.3 is 18.9 Å². The molecule has 1 rings (SSSR count). The summed E-state index contributed by atoms with van der Waals surface area (Å²) in [5, 5.41) is 0. The van der Waals surface area contributed by atoms with Gasteiger partial charge in [0.1, 0.15) is 0 Å². The normalized spacial score (nSPS) is 13.0. The molecule has 0 bridgehead atoms. The van der Waals surface area contributed by atoms with Gasteiger partial charge in [-0.3, -0.25) is 0 Å². The molecule has 0 fully saturated rings. The fourth-order valence-corrected chi connectivity index (χ4v) is 3.64. The van der Waals surface area contributed by atoms with Crippen molar-refractivity contribution >= 4 is 13.3 Å². The summed E-state index contributed by atoms with van der Waals surface area (Å²) < 4.78 is 23.5. The molecule has 0 saturated heterocycles. The molecule has 5 heteroatoms. The fraction of sp³-hybridized carbons (Fsp3) is 0.588. The minimum absolute atomic E-state index is 0.169. The second kappa shape index (κ2) is 7.96. The standard InChI is InChI=1S/C17H26O4P/c1-16(2,3)12-9-13-17(20-4,21-5)22(19)15(18)14-10-7-6-8-11-14/h6-8,10-11H,9,12-13H2,1-5H3/q+1. The molecule has 0 N–H and O–H groups in total. The third-order valence-corrected chi connectivity index (χ3v) is 5.41. The molecule has 0 aliphatic rings. The van der Waals surface area contributed by atoms with Crippen molar-refractivity contribution in [2.24, 2.45) is 5.41 Å². The third kappa shape index (κ3) is 4.98. The van der Waals surface area contributed by atoms with E-state index in [1.807, 2.05) is 6.07 Å². The Labute approximate surface area is 134 Å². The molecule has 4 nitrogen and oxygen atoms in total. The smallest absolute Gasteiger partial charge is 0.313 e. The summed E-state index contributed by atoms with van der Waals surface area (Å²) in [6, 6.07) is 8.61. The van der Waals surface area contributed by atoms with Crippen LogP contribution in [0.1, 0.15) is 50.4 Å². The minimum Gasteiger partial charge on any atom is -0.313 e. The lowest BCUT2D eigenvalue weighted by Crippen LogP contribution is -2.31. The average Bonchev–Trinajstić information content (AvgIpc) is 2.50. The van der Waals surface area contributed by atoms with Crippen LogP contribution in [0.15, 0.2) is 30.3 Å². The minimum atomic E-state index is -2.35. The highest BCUT2D eigenvalue weighted by molar-refractivity contribution is 7.65. The van der Waals surface area contributed by atoms with Gasteiger partial charge in [-0.25, -0.2) is 4.79 Å². The number of carbonyl (C=O) groups is 1. The first-order chi connectivity index (χ1) is 10.3. The van der Waals surface area contributed by atoms with E-state index in [1.54, 1.807) is 24.3 Å². The molecule has 1 aromatic rings. The molecule has 0 aliphatic carbocycles. The Morgan fingerprint density at radius 1 is 1.05 bits per heavy atom. The van der Waals surface area contributed by atoms with Crippen molar-refractivity contribution in [3.05, 3.63) is 35.9 Å². The Morgan fingerprint density at radius 2 is 1.59 bits per heavy atom. The SMILES string of the molecule is COC(CCCC(C)(C)C)(OC)[P+](=O)C(=O)c1ccccc1. The summed E-state index contributed by atoms with van der Waals surface area (Å²) in [5.41, 5.74) is -1.21. The van der Waals surface area contributed by atoms with Crippen molar-refractivity contribution in [2.45, 2.75) is 45.6 Å². The maximum absolute atomic E-state index is 12.7. The molecule has 0 aliphatic heterocycles. The molecule has 0 aromatic heterocycles. The van der Waals surface area contributed by atoms with Gasteiger partial charge in [0, 0.05) is 14.2 Å². The maximum atomic E-state index is 12.7. The molecule has 22 heavy (non-hydrogen) atoms. The van der Waals surface area contributed by atoms with Gasteiger partial charge < -0.3 is 9.47 Å². The lowest BCUT2D eigenvalue weighted by Gasteiger charge is -2.22. The van der Waals surface area contributed by atoms with Crippen LogP contribution in [-0.2, 0) is 14.0 Å². The van der Waals surface area contributed by atoms with Crippen LogP contribution in [0.4, 0.5) is 0 Å². The van der Waals surface area contributed by atoms with Gasteiger partial charge in [0.05, 0.1) is 12.0 Å². The van der Waals surface area contributed by atoms with Crippen molar-refractivity contribution in [3.63, 3.8) is 0 Å². The summed E-state index contributed by atoms with van der Waals surface area (Å²) in [5.74, 6) is 0. The van der Waals surface area contributed by atoms with Gasteiger partial charge in [0.25, 0.3) is 0 Å². The van der Waals surface area contributed by atoms with Crippen LogP contribution in [0.2, 0.25) is 0 Å². The molecule has 0 spiro atoms. The number of ether oxygens (including phenoxy) is 2. The molecular formula is C17H26O4P+. The summed E-state index contributed by atoms with van der Waals surface area (Å²) in [4.78, 5) is 12.4. The Kier molecular flexibility index (Phi) is 6.86. The highest BCUT2D eigenvalue weighted by Crippen LogP contribution is 2.47. The van der Waals surface area contributed by atoms with Gasteiger partial charge in [-0.05, 0) is 30.4 Å². The second-order valence-corrected chi connectivity index (χ2v) is 8.18. The van der Waals surface area contributed by atoms with E-state index in [9.17, 15) is 9.36 Å². The van der Waals surface area contributed by atoms with Crippen molar-refractivity contribution in [1.29, 1.82) is 0 Å². The Balaban J connectivity index is 2.88. The number of benzene rings is 1. The third-order valence-electron chi connectivity index (χ3n) is 3.57. The van der Waals surface area contributed by atoms with Crippen LogP contribution in [0.5, 0.6) is 0 Å². The van der Waals surface area contributed by atoms with E-state index in [2.05, 4.69) is 20.8 Å². The van der Waals surface area contributed by atoms with Crippen LogP contribution in [0, 0.1) is 5.41 Å². The summed E-state index contributed by atoms with van der Waals surface area (Å²) in [6.07, 6.45) is 2.13. The first kappa shape index (κ1) is 19.0.